The highest BCUT2D eigenvalue weighted by atomic mass is 15.0. The second-order valence-electron chi connectivity index (χ2n) is 1.79. The molecule has 0 aliphatic heterocycles. The fraction of sp³-hybridized carbons (Fsp3) is 0.333. The van der Waals surface area contributed by atoms with Gasteiger partial charge in [-0.25, -0.2) is 0 Å². The van der Waals surface area contributed by atoms with Crippen LogP contribution in [0.2, 0.25) is 0 Å². The molecule has 0 radical (unpaired) electrons. The quantitative estimate of drug-likeness (QED) is 0.554. The molecular formula is C6H11N3. The van der Waals surface area contributed by atoms with Gasteiger partial charge in [0.1, 0.15) is 11.6 Å². The predicted octanol–water partition coefficient (Wildman–Crippen LogP) is 1.10. The Morgan fingerprint density at radius 2 is 1.56 bits per heavy atom. The highest BCUT2D eigenvalue weighted by Crippen LogP contribution is 2.09. The van der Waals surface area contributed by atoms with Crippen LogP contribution in [0, 0.1) is 0 Å². The van der Waals surface area contributed by atoms with Crippen molar-refractivity contribution in [1.82, 2.24) is 4.98 Å². The third-order valence-corrected chi connectivity index (χ3v) is 1.22. The number of aromatic amines is 1. The fourth-order valence-corrected chi connectivity index (χ4v) is 0.687. The molecule has 1 rings (SSSR count). The first-order valence-electron chi connectivity index (χ1n) is 2.91. The summed E-state index contributed by atoms with van der Waals surface area (Å²) < 4.78 is 0. The standard InChI is InChI=1S/C6H11N3/c1-7-5-3-4-6(8-2)9-5/h3-4,7-9H,1-2H3. The lowest BCUT2D eigenvalue weighted by Crippen LogP contribution is -1.89. The number of anilines is 2. The summed E-state index contributed by atoms with van der Waals surface area (Å²) in [5.74, 6) is 2.05. The summed E-state index contributed by atoms with van der Waals surface area (Å²) in [6, 6.07) is 3.96. The normalized spacial score (nSPS) is 9.11. The van der Waals surface area contributed by atoms with Gasteiger partial charge in [-0.15, -0.1) is 0 Å². The Morgan fingerprint density at radius 1 is 1.11 bits per heavy atom. The topological polar surface area (TPSA) is 39.8 Å². The second kappa shape index (κ2) is 2.44. The Bertz CT molecular complexity index is 162. The largest absolute Gasteiger partial charge is 0.375 e. The first-order chi connectivity index (χ1) is 4.36. The first kappa shape index (κ1) is 6.01. The molecular weight excluding hydrogens is 114 g/mol. The minimum absolute atomic E-state index is 1.03. The van der Waals surface area contributed by atoms with E-state index in [0.29, 0.717) is 0 Å². The molecule has 0 saturated carbocycles. The molecule has 0 unspecified atom stereocenters. The molecule has 3 nitrogen and oxygen atoms in total. The molecule has 1 aromatic heterocycles. The molecule has 9 heavy (non-hydrogen) atoms. The molecule has 0 atom stereocenters. The van der Waals surface area contributed by atoms with Crippen LogP contribution in [0.3, 0.4) is 0 Å². The molecule has 1 aromatic rings. The molecule has 3 N–H and O–H groups in total. The van der Waals surface area contributed by atoms with Crippen molar-refractivity contribution >= 4 is 11.6 Å². The van der Waals surface area contributed by atoms with E-state index >= 15 is 0 Å². The Morgan fingerprint density at radius 3 is 1.78 bits per heavy atom. The van der Waals surface area contributed by atoms with E-state index in [1.807, 2.05) is 26.2 Å². The van der Waals surface area contributed by atoms with E-state index in [2.05, 4.69) is 15.6 Å². The van der Waals surface area contributed by atoms with Crippen molar-refractivity contribution in [2.24, 2.45) is 0 Å². The van der Waals surface area contributed by atoms with Crippen LogP contribution in [-0.2, 0) is 0 Å². The zero-order valence-electron chi connectivity index (χ0n) is 5.65. The Balaban J connectivity index is 2.74. The van der Waals surface area contributed by atoms with Crippen LogP contribution >= 0.6 is 0 Å². The number of rotatable bonds is 2. The summed E-state index contributed by atoms with van der Waals surface area (Å²) in [4.78, 5) is 3.09. The van der Waals surface area contributed by atoms with Crippen LogP contribution in [0.5, 0.6) is 0 Å². The van der Waals surface area contributed by atoms with Gasteiger partial charge in [0.2, 0.25) is 0 Å². The molecule has 0 aromatic carbocycles. The van der Waals surface area contributed by atoms with Gasteiger partial charge in [0, 0.05) is 14.1 Å². The predicted molar refractivity (Wildman–Crippen MR) is 39.9 cm³/mol. The molecule has 0 fully saturated rings. The Kier molecular flexibility index (Phi) is 1.63. The van der Waals surface area contributed by atoms with Crippen molar-refractivity contribution in [3.8, 4) is 0 Å². The highest BCUT2D eigenvalue weighted by Gasteiger charge is 1.90. The maximum Gasteiger partial charge on any atom is 0.104 e. The van der Waals surface area contributed by atoms with Crippen molar-refractivity contribution in [2.45, 2.75) is 0 Å². The van der Waals surface area contributed by atoms with E-state index in [1.165, 1.54) is 0 Å². The van der Waals surface area contributed by atoms with Crippen LogP contribution in [-0.4, -0.2) is 19.1 Å². The third-order valence-electron chi connectivity index (χ3n) is 1.22. The van der Waals surface area contributed by atoms with Gasteiger partial charge < -0.3 is 15.6 Å². The van der Waals surface area contributed by atoms with E-state index in [1.54, 1.807) is 0 Å². The van der Waals surface area contributed by atoms with Gasteiger partial charge in [0.25, 0.3) is 0 Å². The zero-order valence-corrected chi connectivity index (χ0v) is 5.65. The van der Waals surface area contributed by atoms with Crippen molar-refractivity contribution < 1.29 is 0 Å². The molecule has 0 spiro atoms. The Labute approximate surface area is 54.5 Å². The monoisotopic (exact) mass is 125 g/mol. The SMILES string of the molecule is CNc1ccc(NC)[nH]1. The van der Waals surface area contributed by atoms with Crippen molar-refractivity contribution in [2.75, 3.05) is 24.7 Å². The smallest absolute Gasteiger partial charge is 0.104 e. The number of hydrogen-bond acceptors (Lipinski definition) is 2. The minimum Gasteiger partial charge on any atom is -0.375 e. The summed E-state index contributed by atoms with van der Waals surface area (Å²) in [5, 5.41) is 5.97. The van der Waals surface area contributed by atoms with E-state index in [9.17, 15) is 0 Å². The van der Waals surface area contributed by atoms with Crippen LogP contribution < -0.4 is 10.6 Å². The van der Waals surface area contributed by atoms with Gasteiger partial charge in [-0.3, -0.25) is 0 Å². The van der Waals surface area contributed by atoms with Crippen molar-refractivity contribution in [1.29, 1.82) is 0 Å². The lowest BCUT2D eigenvalue weighted by atomic mass is 10.6. The lowest BCUT2D eigenvalue weighted by Gasteiger charge is -1.93. The minimum atomic E-state index is 1.03. The van der Waals surface area contributed by atoms with Gasteiger partial charge in [-0.1, -0.05) is 0 Å². The molecule has 50 valence electrons. The highest BCUT2D eigenvalue weighted by molar-refractivity contribution is 5.47. The van der Waals surface area contributed by atoms with Crippen molar-refractivity contribution in [3.05, 3.63) is 12.1 Å². The van der Waals surface area contributed by atoms with Crippen LogP contribution in [0.15, 0.2) is 12.1 Å². The fourth-order valence-electron chi connectivity index (χ4n) is 0.687. The number of aromatic nitrogens is 1. The second-order valence-corrected chi connectivity index (χ2v) is 1.79. The van der Waals surface area contributed by atoms with Crippen molar-refractivity contribution in [3.63, 3.8) is 0 Å². The van der Waals surface area contributed by atoms with Crippen LogP contribution in [0.4, 0.5) is 11.6 Å². The Hall–Kier alpha value is -1.12. The summed E-state index contributed by atoms with van der Waals surface area (Å²) >= 11 is 0. The molecule has 0 amide bonds. The van der Waals surface area contributed by atoms with Gasteiger partial charge in [0.15, 0.2) is 0 Å². The summed E-state index contributed by atoms with van der Waals surface area (Å²) in [5.41, 5.74) is 0. The van der Waals surface area contributed by atoms with Gasteiger partial charge in [-0.05, 0) is 12.1 Å². The number of nitrogens with one attached hydrogen (secondary N) is 3. The number of hydrogen-bond donors (Lipinski definition) is 3. The van der Waals surface area contributed by atoms with Gasteiger partial charge in [-0.2, -0.15) is 0 Å². The molecule has 0 aliphatic rings. The summed E-state index contributed by atoms with van der Waals surface area (Å²) in [6.07, 6.45) is 0. The van der Waals surface area contributed by atoms with E-state index in [4.69, 9.17) is 0 Å². The average molecular weight is 125 g/mol. The maximum absolute atomic E-state index is 3.09. The molecule has 0 saturated heterocycles. The molecule has 0 bridgehead atoms. The van der Waals surface area contributed by atoms with E-state index in [-0.39, 0.29) is 0 Å². The molecule has 3 heteroatoms. The van der Waals surface area contributed by atoms with E-state index < -0.39 is 0 Å². The zero-order chi connectivity index (χ0) is 6.69. The third kappa shape index (κ3) is 1.16. The van der Waals surface area contributed by atoms with Gasteiger partial charge in [0.05, 0.1) is 0 Å². The van der Waals surface area contributed by atoms with Crippen LogP contribution in [0.1, 0.15) is 0 Å². The van der Waals surface area contributed by atoms with Gasteiger partial charge >= 0.3 is 0 Å². The van der Waals surface area contributed by atoms with E-state index in [0.717, 1.165) is 11.6 Å². The summed E-state index contributed by atoms with van der Waals surface area (Å²) in [6.45, 7) is 0. The average Bonchev–Trinajstić information content (AvgIpc) is 2.34. The lowest BCUT2D eigenvalue weighted by molar-refractivity contribution is 1.32. The van der Waals surface area contributed by atoms with Crippen LogP contribution in [0.25, 0.3) is 0 Å². The number of H-pyrrole nitrogens is 1. The maximum atomic E-state index is 3.09. The summed E-state index contributed by atoms with van der Waals surface area (Å²) in [7, 11) is 3.76. The molecule has 1 heterocycles. The first-order valence-corrected chi connectivity index (χ1v) is 2.91. The molecule has 0 aliphatic carbocycles.